The second kappa shape index (κ2) is 4.07. The summed E-state index contributed by atoms with van der Waals surface area (Å²) >= 11 is 11.5. The molecular weight excluding hydrogens is 263 g/mol. The second-order valence-corrected chi connectivity index (χ2v) is 5.71. The van der Waals surface area contributed by atoms with Gasteiger partial charge in [0.05, 0.1) is 4.91 Å². The van der Waals surface area contributed by atoms with Crippen LogP contribution in [0.2, 0.25) is 0 Å². The van der Waals surface area contributed by atoms with Gasteiger partial charge in [0, 0.05) is 11.5 Å². The Hall–Kier alpha value is -0.0700. The minimum Gasteiger partial charge on any atom is -0.371 e. The lowest BCUT2D eigenvalue weighted by Crippen LogP contribution is -2.29. The smallest absolute Gasteiger partial charge is 0.290 e. The zero-order chi connectivity index (χ0) is 11.9. The first-order valence-corrected chi connectivity index (χ1v) is 6.36. The Morgan fingerprint density at radius 1 is 1.60 bits per heavy atom. The van der Waals surface area contributed by atoms with Gasteiger partial charge in [-0.25, -0.2) is 0 Å². The molecule has 0 aromatic rings. The fourth-order valence-electron chi connectivity index (χ4n) is 1.41. The van der Waals surface area contributed by atoms with E-state index in [1.807, 2.05) is 0 Å². The summed E-state index contributed by atoms with van der Waals surface area (Å²) in [5.74, 6) is 0. The van der Waals surface area contributed by atoms with Crippen LogP contribution in [-0.4, -0.2) is 23.1 Å². The summed E-state index contributed by atoms with van der Waals surface area (Å²) in [5, 5.41) is 7.95. The predicted octanol–water partition coefficient (Wildman–Crippen LogP) is 1.99. The van der Waals surface area contributed by atoms with Crippen LogP contribution in [0.5, 0.6) is 0 Å². The molecule has 0 fully saturated rings. The second-order valence-electron chi connectivity index (χ2n) is 3.20. The molecule has 1 rings (SSSR count). The highest BCUT2D eigenvalue weighted by atomic mass is 35.5. The van der Waals surface area contributed by atoms with E-state index in [0.717, 1.165) is 6.08 Å². The van der Waals surface area contributed by atoms with E-state index in [0.29, 0.717) is 12.0 Å². The van der Waals surface area contributed by atoms with Crippen LogP contribution in [0, 0.1) is 0 Å². The molecule has 0 saturated carbocycles. The molecule has 0 radical (unpaired) electrons. The van der Waals surface area contributed by atoms with Crippen LogP contribution in [0.4, 0.5) is 0 Å². The van der Waals surface area contributed by atoms with Gasteiger partial charge in [0.25, 0.3) is 10.1 Å². The van der Waals surface area contributed by atoms with E-state index >= 15 is 0 Å². The maximum Gasteiger partial charge on any atom is 0.290 e. The molecule has 1 unspecified atom stereocenters. The largest absolute Gasteiger partial charge is 0.371 e. The number of aliphatic hydroxyl groups is 1. The Balaban J connectivity index is 3.29. The number of allylic oxidation sites excluding steroid dienone is 2. The third kappa shape index (κ3) is 2.73. The molecule has 0 aromatic carbocycles. The molecule has 0 saturated heterocycles. The number of alkyl halides is 1. The maximum atomic E-state index is 10.9. The fourth-order valence-corrected chi connectivity index (χ4v) is 3.06. The van der Waals surface area contributed by atoms with Gasteiger partial charge in [-0.3, -0.25) is 4.55 Å². The van der Waals surface area contributed by atoms with Crippen LogP contribution in [0.3, 0.4) is 0 Å². The number of rotatable bonds is 2. The molecule has 4 nitrogen and oxygen atoms in total. The van der Waals surface area contributed by atoms with Crippen molar-refractivity contribution in [1.82, 2.24) is 0 Å². The third-order valence-corrected chi connectivity index (χ3v) is 3.76. The van der Waals surface area contributed by atoms with Crippen molar-refractivity contribution < 1.29 is 18.1 Å². The van der Waals surface area contributed by atoms with E-state index in [-0.39, 0.29) is 16.4 Å². The van der Waals surface area contributed by atoms with Crippen LogP contribution < -0.4 is 0 Å². The van der Waals surface area contributed by atoms with Crippen molar-refractivity contribution in [2.24, 2.45) is 0 Å². The summed E-state index contributed by atoms with van der Waals surface area (Å²) in [6.07, 6.45) is 1.12. The van der Waals surface area contributed by atoms with Crippen LogP contribution in [-0.2, 0) is 10.1 Å². The molecule has 86 valence electrons. The molecule has 0 heterocycles. The van der Waals surface area contributed by atoms with Gasteiger partial charge in [-0.2, -0.15) is 8.42 Å². The van der Waals surface area contributed by atoms with Crippen molar-refractivity contribution in [3.8, 4) is 0 Å². The molecule has 15 heavy (non-hydrogen) atoms. The van der Waals surface area contributed by atoms with Gasteiger partial charge in [-0.1, -0.05) is 30.1 Å². The lowest BCUT2D eigenvalue weighted by Gasteiger charge is -2.28. The molecule has 2 N–H and O–H groups in total. The number of halogens is 2. The molecule has 1 aliphatic rings. The first-order valence-electron chi connectivity index (χ1n) is 4.17. The zero-order valence-corrected chi connectivity index (χ0v) is 10.2. The quantitative estimate of drug-likeness (QED) is 0.596. The van der Waals surface area contributed by atoms with Crippen LogP contribution in [0.15, 0.2) is 21.6 Å². The molecule has 0 aliphatic heterocycles. The lowest BCUT2D eigenvalue weighted by molar-refractivity contribution is 0.163. The zero-order valence-electron chi connectivity index (χ0n) is 7.87. The summed E-state index contributed by atoms with van der Waals surface area (Å²) in [6.45, 7) is 1.73. The monoisotopic (exact) mass is 272 g/mol. The van der Waals surface area contributed by atoms with E-state index in [1.165, 1.54) is 0 Å². The van der Waals surface area contributed by atoms with Gasteiger partial charge in [-0.05, 0) is 18.1 Å². The van der Waals surface area contributed by atoms with Crippen LogP contribution in [0.1, 0.15) is 19.8 Å². The van der Waals surface area contributed by atoms with Crippen molar-refractivity contribution >= 4 is 33.3 Å². The summed E-state index contributed by atoms with van der Waals surface area (Å²) in [7, 11) is -4.36. The molecule has 0 amide bonds. The Labute approximate surface area is 97.9 Å². The number of hydrogen-bond acceptors (Lipinski definition) is 3. The average Bonchev–Trinajstić information content (AvgIpc) is 1.99. The Morgan fingerprint density at radius 3 is 2.47 bits per heavy atom. The minimum absolute atomic E-state index is 0.0499. The summed E-state index contributed by atoms with van der Waals surface area (Å²) in [4.78, 5) is -0.387. The highest BCUT2D eigenvalue weighted by Gasteiger charge is 2.37. The van der Waals surface area contributed by atoms with Crippen molar-refractivity contribution in [3.05, 3.63) is 21.6 Å². The molecule has 0 spiro atoms. The minimum atomic E-state index is -4.36. The van der Waals surface area contributed by atoms with E-state index < -0.39 is 15.2 Å². The highest BCUT2D eigenvalue weighted by molar-refractivity contribution is 7.89. The molecule has 7 heteroatoms. The van der Waals surface area contributed by atoms with Gasteiger partial charge >= 0.3 is 0 Å². The summed E-state index contributed by atoms with van der Waals surface area (Å²) in [6, 6.07) is 0. The van der Waals surface area contributed by atoms with Gasteiger partial charge in [-0.15, -0.1) is 0 Å². The molecule has 1 atom stereocenters. The van der Waals surface area contributed by atoms with Gasteiger partial charge < -0.3 is 5.11 Å². The molecule has 0 bridgehead atoms. The predicted molar refractivity (Wildman–Crippen MR) is 58.2 cm³/mol. The normalized spacial score (nSPS) is 27.9. The van der Waals surface area contributed by atoms with Gasteiger partial charge in [0.2, 0.25) is 0 Å². The standard InChI is InChI=1S/C8H10Cl2O4S/c1-2-6-7(9)3-5(15(12,13)14)4-8(6,10)11/h3,11H,2,4H2,1H3,(H,12,13,14). The first-order chi connectivity index (χ1) is 6.68. The van der Waals surface area contributed by atoms with Crippen molar-refractivity contribution in [2.45, 2.75) is 24.8 Å². The SMILES string of the molecule is CCC1=C(Cl)C=C(S(=O)(=O)O)CC1(O)Cl. The van der Waals surface area contributed by atoms with E-state index in [2.05, 4.69) is 0 Å². The lowest BCUT2D eigenvalue weighted by atomic mass is 9.98. The van der Waals surface area contributed by atoms with Crippen molar-refractivity contribution in [3.63, 3.8) is 0 Å². The van der Waals surface area contributed by atoms with Crippen LogP contribution in [0.25, 0.3) is 0 Å². The molecule has 0 aromatic heterocycles. The van der Waals surface area contributed by atoms with E-state index in [9.17, 15) is 13.5 Å². The van der Waals surface area contributed by atoms with E-state index in [4.69, 9.17) is 27.8 Å². The van der Waals surface area contributed by atoms with Crippen molar-refractivity contribution in [1.29, 1.82) is 0 Å². The highest BCUT2D eigenvalue weighted by Crippen LogP contribution is 2.40. The van der Waals surface area contributed by atoms with Crippen molar-refractivity contribution in [2.75, 3.05) is 0 Å². The Kier molecular flexibility index (Phi) is 3.52. The Morgan fingerprint density at radius 2 is 2.13 bits per heavy atom. The molecular formula is C8H10Cl2O4S. The maximum absolute atomic E-state index is 10.9. The first kappa shape index (κ1) is 13.0. The average molecular weight is 273 g/mol. The number of hydrogen-bond donors (Lipinski definition) is 2. The Bertz CT molecular complexity index is 434. The topological polar surface area (TPSA) is 74.6 Å². The van der Waals surface area contributed by atoms with E-state index in [1.54, 1.807) is 6.92 Å². The summed E-state index contributed by atoms with van der Waals surface area (Å²) in [5.41, 5.74) is 0.346. The third-order valence-electron chi connectivity index (χ3n) is 2.13. The molecule has 1 aliphatic carbocycles. The van der Waals surface area contributed by atoms with Gasteiger partial charge in [0.15, 0.2) is 5.06 Å². The summed E-state index contributed by atoms with van der Waals surface area (Å²) < 4.78 is 30.5. The fraction of sp³-hybridized carbons (Fsp3) is 0.500. The van der Waals surface area contributed by atoms with Gasteiger partial charge in [0.1, 0.15) is 0 Å². The van der Waals surface area contributed by atoms with Crippen LogP contribution >= 0.6 is 23.2 Å².